The summed E-state index contributed by atoms with van der Waals surface area (Å²) in [5.74, 6) is 1.34. The van der Waals surface area contributed by atoms with Crippen molar-refractivity contribution in [2.45, 2.75) is 19.8 Å². The van der Waals surface area contributed by atoms with E-state index in [1.807, 2.05) is 17.5 Å². The van der Waals surface area contributed by atoms with Crippen molar-refractivity contribution in [2.75, 3.05) is 5.73 Å². The minimum atomic E-state index is 0.478. The van der Waals surface area contributed by atoms with E-state index < -0.39 is 0 Å². The predicted octanol–water partition coefficient (Wildman–Crippen LogP) is 4.08. The Morgan fingerprint density at radius 2 is 1.95 bits per heavy atom. The maximum absolute atomic E-state index is 5.92. The zero-order valence-corrected chi connectivity index (χ0v) is 12.1. The first kappa shape index (κ1) is 12.9. The molecule has 3 aromatic rings. The summed E-state index contributed by atoms with van der Waals surface area (Å²) >= 11 is 1.65. The van der Waals surface area contributed by atoms with Crippen LogP contribution in [0.1, 0.15) is 16.9 Å². The molecule has 2 N–H and O–H groups in total. The fourth-order valence-corrected chi connectivity index (χ4v) is 3.00. The van der Waals surface area contributed by atoms with Crippen molar-refractivity contribution in [3.63, 3.8) is 0 Å². The first-order chi connectivity index (χ1) is 9.74. The largest absolute Gasteiger partial charge is 0.380 e. The van der Waals surface area contributed by atoms with Crippen molar-refractivity contribution < 1.29 is 4.52 Å². The smallest absolute Gasteiger partial charge is 0.175 e. The van der Waals surface area contributed by atoms with E-state index in [4.69, 9.17) is 10.3 Å². The number of nitrogens with two attached hydrogens (primary N) is 1. The number of aromatic nitrogens is 1. The van der Waals surface area contributed by atoms with Crippen LogP contribution in [-0.4, -0.2) is 5.16 Å². The standard InChI is InChI=1S/C16H16N2OS/c1-11-4-6-12(7-5-11)8-9-13-15(16(17)18-19-13)14-3-2-10-20-14/h2-7,10H,8-9H2,1H3,(H2,17,18). The van der Waals surface area contributed by atoms with Crippen LogP contribution in [0.15, 0.2) is 46.3 Å². The van der Waals surface area contributed by atoms with Crippen LogP contribution in [-0.2, 0) is 12.8 Å². The van der Waals surface area contributed by atoms with E-state index in [0.717, 1.165) is 29.0 Å². The lowest BCUT2D eigenvalue weighted by molar-refractivity contribution is 0.386. The van der Waals surface area contributed by atoms with Crippen molar-refractivity contribution >= 4 is 17.2 Å². The first-order valence-corrected chi connectivity index (χ1v) is 7.45. The van der Waals surface area contributed by atoms with Crippen LogP contribution in [0.25, 0.3) is 10.4 Å². The highest BCUT2D eigenvalue weighted by atomic mass is 32.1. The van der Waals surface area contributed by atoms with Gasteiger partial charge in [0.05, 0.1) is 5.56 Å². The molecule has 0 radical (unpaired) electrons. The van der Waals surface area contributed by atoms with Gasteiger partial charge in [0.2, 0.25) is 0 Å². The number of nitrogens with zero attached hydrogens (tertiary/aromatic N) is 1. The maximum Gasteiger partial charge on any atom is 0.175 e. The number of aryl methyl sites for hydroxylation is 3. The fraction of sp³-hybridized carbons (Fsp3) is 0.188. The minimum Gasteiger partial charge on any atom is -0.380 e. The summed E-state index contributed by atoms with van der Waals surface area (Å²) in [5.41, 5.74) is 9.44. The number of anilines is 1. The highest BCUT2D eigenvalue weighted by Gasteiger charge is 2.16. The van der Waals surface area contributed by atoms with Gasteiger partial charge in [0.15, 0.2) is 5.82 Å². The minimum absolute atomic E-state index is 0.478. The summed E-state index contributed by atoms with van der Waals surface area (Å²) in [7, 11) is 0. The normalized spacial score (nSPS) is 10.8. The molecule has 0 fully saturated rings. The van der Waals surface area contributed by atoms with Crippen LogP contribution in [0.5, 0.6) is 0 Å². The molecule has 0 saturated heterocycles. The van der Waals surface area contributed by atoms with Gasteiger partial charge in [-0.25, -0.2) is 0 Å². The van der Waals surface area contributed by atoms with Crippen molar-refractivity contribution in [3.8, 4) is 10.4 Å². The van der Waals surface area contributed by atoms with E-state index in [9.17, 15) is 0 Å². The molecule has 0 bridgehead atoms. The monoisotopic (exact) mass is 284 g/mol. The van der Waals surface area contributed by atoms with Gasteiger partial charge in [0.25, 0.3) is 0 Å². The molecule has 0 unspecified atom stereocenters. The third-order valence-corrected chi connectivity index (χ3v) is 4.21. The number of thiophene rings is 1. The van der Waals surface area contributed by atoms with Crippen LogP contribution >= 0.6 is 11.3 Å². The molecule has 102 valence electrons. The quantitative estimate of drug-likeness (QED) is 0.785. The van der Waals surface area contributed by atoms with E-state index in [0.29, 0.717) is 5.82 Å². The second kappa shape index (κ2) is 5.51. The van der Waals surface area contributed by atoms with Crippen molar-refractivity contribution in [1.82, 2.24) is 5.16 Å². The highest BCUT2D eigenvalue weighted by molar-refractivity contribution is 7.13. The second-order valence-electron chi connectivity index (χ2n) is 4.83. The molecule has 4 heteroatoms. The van der Waals surface area contributed by atoms with Crippen LogP contribution in [0.3, 0.4) is 0 Å². The third kappa shape index (κ3) is 2.60. The van der Waals surface area contributed by atoms with Crippen LogP contribution in [0.4, 0.5) is 5.82 Å². The van der Waals surface area contributed by atoms with E-state index >= 15 is 0 Å². The Morgan fingerprint density at radius 1 is 1.15 bits per heavy atom. The van der Waals surface area contributed by atoms with Gasteiger partial charge < -0.3 is 10.3 Å². The molecule has 0 aliphatic carbocycles. The van der Waals surface area contributed by atoms with Gasteiger partial charge in [-0.2, -0.15) is 0 Å². The Hall–Kier alpha value is -2.07. The maximum atomic E-state index is 5.92. The van der Waals surface area contributed by atoms with Gasteiger partial charge in [-0.1, -0.05) is 41.1 Å². The van der Waals surface area contributed by atoms with E-state index in [1.54, 1.807) is 11.3 Å². The number of hydrogen-bond acceptors (Lipinski definition) is 4. The molecule has 2 aromatic heterocycles. The predicted molar refractivity (Wildman–Crippen MR) is 82.8 cm³/mol. The van der Waals surface area contributed by atoms with Crippen LogP contribution in [0.2, 0.25) is 0 Å². The van der Waals surface area contributed by atoms with Crippen molar-refractivity contribution in [1.29, 1.82) is 0 Å². The molecule has 2 heterocycles. The average molecular weight is 284 g/mol. The lowest BCUT2D eigenvalue weighted by atomic mass is 10.0. The van der Waals surface area contributed by atoms with E-state index in [2.05, 4.69) is 36.3 Å². The Labute approximate surface area is 122 Å². The zero-order chi connectivity index (χ0) is 13.9. The number of rotatable bonds is 4. The summed E-state index contributed by atoms with van der Waals surface area (Å²) in [6, 6.07) is 12.6. The lowest BCUT2D eigenvalue weighted by Crippen LogP contribution is -1.93. The first-order valence-electron chi connectivity index (χ1n) is 6.57. The molecular formula is C16H16N2OS. The molecule has 3 rings (SSSR count). The van der Waals surface area contributed by atoms with Crippen molar-refractivity contribution in [3.05, 3.63) is 58.7 Å². The molecule has 0 spiro atoms. The highest BCUT2D eigenvalue weighted by Crippen LogP contribution is 2.33. The Bertz CT molecular complexity index is 684. The van der Waals surface area contributed by atoms with Crippen LogP contribution in [0, 0.1) is 6.92 Å². The van der Waals surface area contributed by atoms with Crippen molar-refractivity contribution in [2.24, 2.45) is 0 Å². The molecule has 0 atom stereocenters. The number of benzene rings is 1. The number of hydrogen-bond donors (Lipinski definition) is 1. The summed E-state index contributed by atoms with van der Waals surface area (Å²) in [6.45, 7) is 2.09. The van der Waals surface area contributed by atoms with Gasteiger partial charge in [-0.3, -0.25) is 0 Å². The molecule has 0 aliphatic rings. The summed E-state index contributed by atoms with van der Waals surface area (Å²) in [4.78, 5) is 1.11. The Morgan fingerprint density at radius 3 is 2.65 bits per heavy atom. The summed E-state index contributed by atoms with van der Waals surface area (Å²) in [6.07, 6.45) is 1.73. The fourth-order valence-electron chi connectivity index (χ4n) is 2.21. The Balaban J connectivity index is 1.80. The third-order valence-electron chi connectivity index (χ3n) is 3.32. The van der Waals surface area contributed by atoms with Gasteiger partial charge in [0, 0.05) is 11.3 Å². The summed E-state index contributed by atoms with van der Waals surface area (Å²) < 4.78 is 5.40. The second-order valence-corrected chi connectivity index (χ2v) is 5.78. The number of nitrogen functional groups attached to an aromatic ring is 1. The van der Waals surface area contributed by atoms with Gasteiger partial charge in [0.1, 0.15) is 5.76 Å². The SMILES string of the molecule is Cc1ccc(CCc2onc(N)c2-c2cccs2)cc1. The molecule has 0 saturated carbocycles. The summed E-state index contributed by atoms with van der Waals surface area (Å²) in [5, 5.41) is 5.94. The average Bonchev–Trinajstić information content (AvgIpc) is 3.07. The molecule has 1 aromatic carbocycles. The van der Waals surface area contributed by atoms with Gasteiger partial charge >= 0.3 is 0 Å². The molecule has 0 aliphatic heterocycles. The molecular weight excluding hydrogens is 268 g/mol. The van der Waals surface area contributed by atoms with E-state index in [-0.39, 0.29) is 0 Å². The molecule has 3 nitrogen and oxygen atoms in total. The van der Waals surface area contributed by atoms with Gasteiger partial charge in [-0.05, 0) is 30.4 Å². The zero-order valence-electron chi connectivity index (χ0n) is 11.3. The molecule has 20 heavy (non-hydrogen) atoms. The van der Waals surface area contributed by atoms with Crippen LogP contribution < -0.4 is 5.73 Å². The topological polar surface area (TPSA) is 52.0 Å². The Kier molecular flexibility index (Phi) is 3.56. The molecule has 0 amide bonds. The lowest BCUT2D eigenvalue weighted by Gasteiger charge is -2.02. The van der Waals surface area contributed by atoms with E-state index in [1.165, 1.54) is 11.1 Å². The van der Waals surface area contributed by atoms with Gasteiger partial charge in [-0.15, -0.1) is 11.3 Å².